The molecule has 0 amide bonds. The van der Waals surface area contributed by atoms with E-state index in [1.165, 1.54) is 6.08 Å². The molecule has 1 N–H and O–H groups in total. The first-order valence-corrected chi connectivity index (χ1v) is 6.24. The van der Waals surface area contributed by atoms with E-state index in [-0.39, 0.29) is 0 Å². The molecule has 0 heterocycles. The van der Waals surface area contributed by atoms with Gasteiger partial charge in [-0.2, -0.15) is 0 Å². The number of ether oxygens (including phenoxy) is 1. The number of rotatable bonds is 5. The van der Waals surface area contributed by atoms with Crippen LogP contribution in [0.5, 0.6) is 5.75 Å². The Morgan fingerprint density at radius 3 is 2.61 bits per heavy atom. The van der Waals surface area contributed by atoms with Crippen molar-refractivity contribution in [2.75, 3.05) is 6.61 Å². The third-order valence-corrected chi connectivity index (χ3v) is 2.99. The van der Waals surface area contributed by atoms with Crippen LogP contribution < -0.4 is 4.74 Å². The van der Waals surface area contributed by atoms with E-state index >= 15 is 0 Å². The number of hydrogen-bond acceptors (Lipinski definition) is 2. The molecule has 0 aliphatic carbocycles. The van der Waals surface area contributed by atoms with Crippen molar-refractivity contribution < 1.29 is 14.6 Å². The first-order valence-electron chi connectivity index (χ1n) is 5.86. The van der Waals surface area contributed by atoms with Crippen molar-refractivity contribution in [1.29, 1.82) is 0 Å². The largest absolute Gasteiger partial charge is 0.493 e. The highest BCUT2D eigenvalue weighted by Crippen LogP contribution is 2.33. The van der Waals surface area contributed by atoms with Crippen molar-refractivity contribution in [2.45, 2.75) is 27.2 Å². The van der Waals surface area contributed by atoms with Gasteiger partial charge in [0.15, 0.2) is 0 Å². The normalized spacial score (nSPS) is 11.4. The van der Waals surface area contributed by atoms with Crippen LogP contribution in [0.2, 0.25) is 5.02 Å². The minimum atomic E-state index is -0.967. The summed E-state index contributed by atoms with van der Waals surface area (Å²) in [5.41, 5.74) is 2.36. The number of carboxylic acids is 1. The molecule has 0 fully saturated rings. The van der Waals surface area contributed by atoms with Crippen LogP contribution in [0.25, 0.3) is 5.57 Å². The van der Waals surface area contributed by atoms with Crippen molar-refractivity contribution in [2.24, 2.45) is 0 Å². The molecule has 3 nitrogen and oxygen atoms in total. The number of aryl methyl sites for hydroxylation is 1. The molecular formula is C14H17ClO3. The number of hydrogen-bond donors (Lipinski definition) is 1. The van der Waals surface area contributed by atoms with E-state index < -0.39 is 5.97 Å². The number of halogens is 1. The molecule has 0 spiro atoms. The minimum Gasteiger partial charge on any atom is -0.493 e. The minimum absolute atomic E-state index is 0.526. The molecule has 0 bridgehead atoms. The standard InChI is InChI=1S/C14H17ClO3/c1-4-10(7-14(16)17)11-8-12(15)9(3)6-13(11)18-5-2/h6-8H,4-5H2,1-3H3,(H,16,17)/b10-7+. The molecule has 0 aliphatic heterocycles. The number of benzene rings is 1. The van der Waals surface area contributed by atoms with Crippen LogP contribution in [0.15, 0.2) is 18.2 Å². The van der Waals surface area contributed by atoms with Crippen molar-refractivity contribution in [3.8, 4) is 5.75 Å². The van der Waals surface area contributed by atoms with Crippen molar-refractivity contribution in [1.82, 2.24) is 0 Å². The summed E-state index contributed by atoms with van der Waals surface area (Å²) < 4.78 is 5.54. The van der Waals surface area contributed by atoms with Gasteiger partial charge in [-0.05, 0) is 43.5 Å². The highest BCUT2D eigenvalue weighted by molar-refractivity contribution is 6.31. The summed E-state index contributed by atoms with van der Waals surface area (Å²) in [5, 5.41) is 9.48. The Hall–Kier alpha value is -1.48. The third-order valence-electron chi connectivity index (χ3n) is 2.59. The van der Waals surface area contributed by atoms with E-state index in [2.05, 4.69) is 0 Å². The Bertz CT molecular complexity index is 478. The van der Waals surface area contributed by atoms with Crippen LogP contribution in [-0.2, 0) is 4.79 Å². The smallest absolute Gasteiger partial charge is 0.328 e. The zero-order valence-electron chi connectivity index (χ0n) is 10.8. The summed E-state index contributed by atoms with van der Waals surface area (Å²) in [6.07, 6.45) is 1.80. The van der Waals surface area contributed by atoms with Gasteiger partial charge in [0.05, 0.1) is 6.61 Å². The van der Waals surface area contributed by atoms with E-state index in [1.54, 1.807) is 6.07 Å². The Morgan fingerprint density at radius 2 is 2.11 bits per heavy atom. The molecule has 0 unspecified atom stereocenters. The van der Waals surface area contributed by atoms with E-state index in [0.29, 0.717) is 29.4 Å². The van der Waals surface area contributed by atoms with E-state index in [0.717, 1.165) is 11.1 Å². The molecule has 0 saturated heterocycles. The van der Waals surface area contributed by atoms with Gasteiger partial charge < -0.3 is 9.84 Å². The highest BCUT2D eigenvalue weighted by atomic mass is 35.5. The molecule has 1 aromatic carbocycles. The molecule has 0 aliphatic rings. The number of aliphatic carboxylic acids is 1. The second kappa shape index (κ2) is 6.45. The van der Waals surface area contributed by atoms with Crippen LogP contribution in [-0.4, -0.2) is 17.7 Å². The number of carbonyl (C=O) groups is 1. The monoisotopic (exact) mass is 268 g/mol. The van der Waals surface area contributed by atoms with Gasteiger partial charge >= 0.3 is 5.97 Å². The first kappa shape index (κ1) is 14.6. The molecule has 1 rings (SSSR count). The maximum atomic E-state index is 10.8. The fourth-order valence-electron chi connectivity index (χ4n) is 1.70. The topological polar surface area (TPSA) is 46.5 Å². The van der Waals surface area contributed by atoms with Gasteiger partial charge in [-0.3, -0.25) is 0 Å². The van der Waals surface area contributed by atoms with E-state index in [1.807, 2.05) is 26.8 Å². The number of allylic oxidation sites excluding steroid dienone is 1. The van der Waals surface area contributed by atoms with Gasteiger partial charge in [-0.25, -0.2) is 4.79 Å². The van der Waals surface area contributed by atoms with Crippen molar-refractivity contribution in [3.05, 3.63) is 34.4 Å². The zero-order valence-corrected chi connectivity index (χ0v) is 11.5. The highest BCUT2D eigenvalue weighted by Gasteiger charge is 2.12. The van der Waals surface area contributed by atoms with Crippen molar-refractivity contribution >= 4 is 23.1 Å². The quantitative estimate of drug-likeness (QED) is 0.823. The summed E-state index contributed by atoms with van der Waals surface area (Å²) in [7, 11) is 0. The molecule has 18 heavy (non-hydrogen) atoms. The number of carboxylic acid groups (broad SMARTS) is 1. The predicted octanol–water partition coefficient (Wildman–Crippen LogP) is 3.93. The summed E-state index contributed by atoms with van der Waals surface area (Å²) in [4.78, 5) is 10.8. The predicted molar refractivity (Wildman–Crippen MR) is 73.3 cm³/mol. The molecule has 98 valence electrons. The maximum absolute atomic E-state index is 10.8. The van der Waals surface area contributed by atoms with Gasteiger partial charge in [0.25, 0.3) is 0 Å². The molecule has 0 atom stereocenters. The SMILES string of the molecule is CCOc1cc(C)c(Cl)cc1/C(=C/C(=O)O)CC. The van der Waals surface area contributed by atoms with Crippen molar-refractivity contribution in [3.63, 3.8) is 0 Å². The second-order valence-corrected chi connectivity index (χ2v) is 4.30. The Morgan fingerprint density at radius 1 is 1.44 bits per heavy atom. The molecule has 0 aromatic heterocycles. The lowest BCUT2D eigenvalue weighted by molar-refractivity contribution is -0.131. The maximum Gasteiger partial charge on any atom is 0.328 e. The fourth-order valence-corrected chi connectivity index (χ4v) is 1.86. The van der Waals surface area contributed by atoms with Crippen LogP contribution >= 0.6 is 11.6 Å². The molecule has 0 radical (unpaired) electrons. The van der Waals surface area contributed by atoms with Gasteiger partial charge in [-0.1, -0.05) is 18.5 Å². The summed E-state index contributed by atoms with van der Waals surface area (Å²) in [6, 6.07) is 3.60. The summed E-state index contributed by atoms with van der Waals surface area (Å²) in [5.74, 6) is -0.292. The fraction of sp³-hybridized carbons (Fsp3) is 0.357. The lowest BCUT2D eigenvalue weighted by Gasteiger charge is -2.14. The van der Waals surface area contributed by atoms with E-state index in [9.17, 15) is 4.79 Å². The molecule has 4 heteroatoms. The molecule has 0 saturated carbocycles. The van der Waals surface area contributed by atoms with Crippen LogP contribution in [0.3, 0.4) is 0 Å². The second-order valence-electron chi connectivity index (χ2n) is 3.89. The Kier molecular flexibility index (Phi) is 5.23. The Labute approximate surface area is 112 Å². The van der Waals surface area contributed by atoms with Gasteiger partial charge in [0.2, 0.25) is 0 Å². The Balaban J connectivity index is 3.35. The average molecular weight is 269 g/mol. The van der Waals surface area contributed by atoms with Gasteiger partial charge in [-0.15, -0.1) is 0 Å². The van der Waals surface area contributed by atoms with Crippen LogP contribution in [0, 0.1) is 6.92 Å². The summed E-state index contributed by atoms with van der Waals surface area (Å²) >= 11 is 6.09. The summed E-state index contributed by atoms with van der Waals surface area (Å²) in [6.45, 7) is 6.21. The lowest BCUT2D eigenvalue weighted by atomic mass is 10.0. The molecular weight excluding hydrogens is 252 g/mol. The zero-order chi connectivity index (χ0) is 13.7. The van der Waals surface area contributed by atoms with Crippen LogP contribution in [0.1, 0.15) is 31.4 Å². The first-order chi connectivity index (χ1) is 8.49. The van der Waals surface area contributed by atoms with Gasteiger partial charge in [0, 0.05) is 16.7 Å². The van der Waals surface area contributed by atoms with Gasteiger partial charge in [0.1, 0.15) is 5.75 Å². The third kappa shape index (κ3) is 3.50. The average Bonchev–Trinajstić information content (AvgIpc) is 2.31. The van der Waals surface area contributed by atoms with E-state index in [4.69, 9.17) is 21.4 Å². The lowest BCUT2D eigenvalue weighted by Crippen LogP contribution is -1.99. The van der Waals surface area contributed by atoms with Crippen LogP contribution in [0.4, 0.5) is 0 Å². The molecule has 1 aromatic rings.